The van der Waals surface area contributed by atoms with Gasteiger partial charge >= 0.3 is 6.18 Å². The summed E-state index contributed by atoms with van der Waals surface area (Å²) in [6.07, 6.45) is -4.04. The summed E-state index contributed by atoms with van der Waals surface area (Å²) in [6, 6.07) is 4.85. The van der Waals surface area contributed by atoms with Crippen LogP contribution in [0.1, 0.15) is 36.7 Å². The van der Waals surface area contributed by atoms with Crippen molar-refractivity contribution in [3.8, 4) is 0 Å². The zero-order valence-electron chi connectivity index (χ0n) is 11.0. The molecule has 2 aromatic rings. The van der Waals surface area contributed by atoms with Gasteiger partial charge in [0.25, 0.3) is 0 Å². The van der Waals surface area contributed by atoms with Gasteiger partial charge in [0.1, 0.15) is 0 Å². The van der Waals surface area contributed by atoms with Crippen LogP contribution in [0.25, 0.3) is 0 Å². The summed E-state index contributed by atoms with van der Waals surface area (Å²) in [5, 5.41) is 3.76. The zero-order chi connectivity index (χ0) is 15.0. The Morgan fingerprint density at radius 2 is 1.75 bits per heavy atom. The predicted molar refractivity (Wildman–Crippen MR) is 65.8 cm³/mol. The van der Waals surface area contributed by atoms with E-state index >= 15 is 0 Å². The van der Waals surface area contributed by atoms with Crippen molar-refractivity contribution in [2.75, 3.05) is 0 Å². The monoisotopic (exact) mass is 285 g/mol. The van der Waals surface area contributed by atoms with Crippen molar-refractivity contribution >= 4 is 0 Å². The Kier molecular flexibility index (Phi) is 3.56. The first-order valence-corrected chi connectivity index (χ1v) is 5.94. The number of nitrogens with two attached hydrogens (primary N) is 1. The van der Waals surface area contributed by atoms with Crippen LogP contribution >= 0.6 is 0 Å². The molecule has 0 unspecified atom stereocenters. The van der Waals surface area contributed by atoms with Gasteiger partial charge in [-0.15, -0.1) is 0 Å². The van der Waals surface area contributed by atoms with E-state index in [1.807, 2.05) is 0 Å². The third-order valence-corrected chi connectivity index (χ3v) is 2.66. The van der Waals surface area contributed by atoms with E-state index in [2.05, 4.69) is 10.1 Å². The normalized spacial score (nSPS) is 12.7. The summed E-state index contributed by atoms with van der Waals surface area (Å²) < 4.78 is 42.3. The topological polar surface area (TPSA) is 64.9 Å². The lowest BCUT2D eigenvalue weighted by Gasteiger charge is -2.10. The molecule has 0 atom stereocenters. The van der Waals surface area contributed by atoms with Gasteiger partial charge in [0.2, 0.25) is 5.89 Å². The number of hydrogen-bond acceptors (Lipinski definition) is 4. The maximum Gasteiger partial charge on any atom is 0.416 e. The van der Waals surface area contributed by atoms with Gasteiger partial charge in [-0.1, -0.05) is 17.3 Å². The van der Waals surface area contributed by atoms with Crippen LogP contribution in [0.5, 0.6) is 0 Å². The molecule has 0 saturated heterocycles. The Morgan fingerprint density at radius 1 is 1.15 bits per heavy atom. The highest BCUT2D eigenvalue weighted by atomic mass is 19.4. The molecule has 2 N–H and O–H groups in total. The van der Waals surface area contributed by atoms with Crippen LogP contribution in [0.4, 0.5) is 13.2 Å². The minimum absolute atomic E-state index is 0.289. The maximum atomic E-state index is 12.4. The second kappa shape index (κ2) is 4.90. The molecule has 108 valence electrons. The minimum atomic E-state index is -4.33. The van der Waals surface area contributed by atoms with Gasteiger partial charge in [-0.2, -0.15) is 18.2 Å². The van der Waals surface area contributed by atoms with Gasteiger partial charge in [0.05, 0.1) is 11.1 Å². The Morgan fingerprint density at radius 3 is 2.20 bits per heavy atom. The Hall–Kier alpha value is -1.89. The Bertz CT molecular complexity index is 582. The average molecular weight is 285 g/mol. The summed E-state index contributed by atoms with van der Waals surface area (Å²) in [5.41, 5.74) is 5.05. The van der Waals surface area contributed by atoms with E-state index in [1.54, 1.807) is 13.8 Å². The fourth-order valence-corrected chi connectivity index (χ4v) is 1.58. The van der Waals surface area contributed by atoms with Crippen molar-refractivity contribution in [1.82, 2.24) is 10.1 Å². The molecule has 0 amide bonds. The molecule has 20 heavy (non-hydrogen) atoms. The van der Waals surface area contributed by atoms with Crippen LogP contribution in [0, 0.1) is 0 Å². The molecule has 0 bridgehead atoms. The van der Waals surface area contributed by atoms with Crippen molar-refractivity contribution in [3.63, 3.8) is 0 Å². The van der Waals surface area contributed by atoms with Crippen molar-refractivity contribution in [3.05, 3.63) is 47.1 Å². The standard InChI is InChI=1S/C13H14F3N3O/c1-12(2,17)11-18-10(19-20-11)7-8-3-5-9(6-4-8)13(14,15)16/h3-6H,7,17H2,1-2H3. The number of hydrogen-bond donors (Lipinski definition) is 1. The summed E-state index contributed by atoms with van der Waals surface area (Å²) in [6.45, 7) is 3.45. The van der Waals surface area contributed by atoms with E-state index in [1.165, 1.54) is 12.1 Å². The molecular weight excluding hydrogens is 271 g/mol. The molecule has 1 heterocycles. The van der Waals surface area contributed by atoms with Gasteiger partial charge in [0.15, 0.2) is 5.82 Å². The van der Waals surface area contributed by atoms with Gasteiger partial charge in [0, 0.05) is 6.42 Å². The predicted octanol–water partition coefficient (Wildman–Crippen LogP) is 2.87. The minimum Gasteiger partial charge on any atom is -0.337 e. The summed E-state index contributed by atoms with van der Waals surface area (Å²) in [4.78, 5) is 4.12. The third-order valence-electron chi connectivity index (χ3n) is 2.66. The highest BCUT2D eigenvalue weighted by Crippen LogP contribution is 2.29. The summed E-state index contributed by atoms with van der Waals surface area (Å²) in [7, 11) is 0. The van der Waals surface area contributed by atoms with E-state index < -0.39 is 17.3 Å². The van der Waals surface area contributed by atoms with Crippen molar-refractivity contribution in [2.45, 2.75) is 32.0 Å². The molecule has 0 aliphatic carbocycles. The lowest BCUT2D eigenvalue weighted by atomic mass is 10.1. The second-order valence-corrected chi connectivity index (χ2v) is 5.11. The largest absolute Gasteiger partial charge is 0.416 e. The fraction of sp³-hybridized carbons (Fsp3) is 0.385. The molecule has 0 spiro atoms. The second-order valence-electron chi connectivity index (χ2n) is 5.11. The molecule has 0 saturated carbocycles. The smallest absolute Gasteiger partial charge is 0.337 e. The molecule has 2 rings (SSSR count). The highest BCUT2D eigenvalue weighted by Gasteiger charge is 2.30. The highest BCUT2D eigenvalue weighted by molar-refractivity contribution is 5.26. The number of aromatic nitrogens is 2. The summed E-state index contributed by atoms with van der Waals surface area (Å²) in [5.74, 6) is 0.678. The molecule has 0 aliphatic heterocycles. The molecule has 4 nitrogen and oxygen atoms in total. The van der Waals surface area contributed by atoms with Gasteiger partial charge in [-0.25, -0.2) is 0 Å². The molecule has 1 aromatic heterocycles. The molecular formula is C13H14F3N3O. The van der Waals surface area contributed by atoms with Crippen LogP contribution < -0.4 is 5.73 Å². The van der Waals surface area contributed by atoms with Gasteiger partial charge in [-0.3, -0.25) is 0 Å². The van der Waals surface area contributed by atoms with E-state index in [-0.39, 0.29) is 6.42 Å². The van der Waals surface area contributed by atoms with E-state index in [9.17, 15) is 13.2 Å². The van der Waals surface area contributed by atoms with Crippen LogP contribution in [0.15, 0.2) is 28.8 Å². The van der Waals surface area contributed by atoms with Gasteiger partial charge in [-0.05, 0) is 31.5 Å². The SMILES string of the molecule is CC(C)(N)c1nc(Cc2ccc(C(F)(F)F)cc2)no1. The summed E-state index contributed by atoms with van der Waals surface area (Å²) >= 11 is 0. The number of nitrogens with zero attached hydrogens (tertiary/aromatic N) is 2. The van der Waals surface area contributed by atoms with Crippen LogP contribution in [-0.2, 0) is 18.1 Å². The lowest BCUT2D eigenvalue weighted by molar-refractivity contribution is -0.137. The zero-order valence-corrected chi connectivity index (χ0v) is 11.0. The van der Waals surface area contributed by atoms with Crippen LogP contribution in [0.2, 0.25) is 0 Å². The molecule has 0 radical (unpaired) electrons. The Balaban J connectivity index is 2.13. The number of rotatable bonds is 3. The maximum absolute atomic E-state index is 12.4. The molecule has 0 aliphatic rings. The quantitative estimate of drug-likeness (QED) is 0.941. The van der Waals surface area contributed by atoms with E-state index in [4.69, 9.17) is 10.3 Å². The first-order valence-electron chi connectivity index (χ1n) is 5.94. The molecule has 0 fully saturated rings. The fourth-order valence-electron chi connectivity index (χ4n) is 1.58. The van der Waals surface area contributed by atoms with Crippen molar-refractivity contribution in [1.29, 1.82) is 0 Å². The number of alkyl halides is 3. The third kappa shape index (κ3) is 3.36. The molecule has 7 heteroatoms. The average Bonchev–Trinajstić information content (AvgIpc) is 2.77. The Labute approximate surface area is 113 Å². The molecule has 1 aromatic carbocycles. The number of benzene rings is 1. The number of halogens is 3. The van der Waals surface area contributed by atoms with Crippen molar-refractivity contribution in [2.24, 2.45) is 5.73 Å². The van der Waals surface area contributed by atoms with Crippen LogP contribution in [-0.4, -0.2) is 10.1 Å². The van der Waals surface area contributed by atoms with E-state index in [0.29, 0.717) is 17.3 Å². The van der Waals surface area contributed by atoms with Crippen LogP contribution in [0.3, 0.4) is 0 Å². The lowest BCUT2D eigenvalue weighted by Crippen LogP contribution is -2.29. The van der Waals surface area contributed by atoms with E-state index in [0.717, 1.165) is 12.1 Å². The van der Waals surface area contributed by atoms with Gasteiger partial charge < -0.3 is 10.3 Å². The first-order chi connectivity index (χ1) is 9.16. The van der Waals surface area contributed by atoms with Crippen molar-refractivity contribution < 1.29 is 17.7 Å². The first kappa shape index (κ1) is 14.5.